The first-order valence-electron chi connectivity index (χ1n) is 15.6. The first-order valence-corrected chi connectivity index (χ1v) is 17.5. The average molecular weight is 770 g/mol. The molecule has 21 heteroatoms. The minimum atomic E-state index is -1.79. The summed E-state index contributed by atoms with van der Waals surface area (Å²) < 4.78 is 1.46. The van der Waals surface area contributed by atoms with Gasteiger partial charge in [-0.25, -0.2) is 19.1 Å². The number of anilines is 3. The summed E-state index contributed by atoms with van der Waals surface area (Å²) in [7, 11) is 0. The highest BCUT2D eigenvalue weighted by Crippen LogP contribution is 2.45. The Hall–Kier alpha value is -6.09. The number of aliphatic carboxylic acids is 2. The Morgan fingerprint density at radius 1 is 1.13 bits per heavy atom. The van der Waals surface area contributed by atoms with Crippen molar-refractivity contribution in [2.75, 3.05) is 22.5 Å². The molecule has 3 aromatic rings. The molecule has 1 saturated heterocycles. The third-order valence-electron chi connectivity index (χ3n) is 8.11. The van der Waals surface area contributed by atoms with E-state index in [2.05, 4.69) is 20.4 Å². The average Bonchev–Trinajstić information content (AvgIpc) is 3.53. The molecule has 2 aliphatic rings. The summed E-state index contributed by atoms with van der Waals surface area (Å²) in [6.07, 6.45) is 1.87. The molecule has 4 heterocycles. The van der Waals surface area contributed by atoms with Crippen molar-refractivity contribution in [2.45, 2.75) is 50.6 Å². The zero-order valence-corrected chi connectivity index (χ0v) is 29.6. The van der Waals surface area contributed by atoms with Crippen LogP contribution >= 0.6 is 23.1 Å². The van der Waals surface area contributed by atoms with Gasteiger partial charge in [0.2, 0.25) is 17.4 Å². The number of carboxylic acids is 2. The number of aromatic nitrogens is 3. The third kappa shape index (κ3) is 8.36. The molecule has 19 nitrogen and oxygen atoms in total. The van der Waals surface area contributed by atoms with Crippen LogP contribution in [0.25, 0.3) is 0 Å². The molecule has 0 radical (unpaired) electrons. The Morgan fingerprint density at radius 2 is 1.87 bits per heavy atom. The van der Waals surface area contributed by atoms with Crippen LogP contribution in [-0.4, -0.2) is 93.1 Å². The molecule has 53 heavy (non-hydrogen) atoms. The smallest absolute Gasteiger partial charge is 0.352 e. The van der Waals surface area contributed by atoms with Crippen molar-refractivity contribution in [1.82, 2.24) is 14.9 Å². The number of nitrogens with zero attached hydrogens (tertiary/aromatic N) is 5. The molecular formula is C32H33N8O11S2+. The summed E-state index contributed by atoms with van der Waals surface area (Å²) in [5, 5.41) is 45.8. The van der Waals surface area contributed by atoms with E-state index in [-0.39, 0.29) is 64.4 Å². The van der Waals surface area contributed by atoms with Gasteiger partial charge in [0.1, 0.15) is 24.1 Å². The quantitative estimate of drug-likeness (QED) is 0.0284. The number of hydrogen-bond acceptors (Lipinski definition) is 16. The van der Waals surface area contributed by atoms with E-state index in [0.717, 1.165) is 28.4 Å². The molecule has 0 saturated carbocycles. The number of carboxylic acid groups (broad SMARTS) is 2. The standard InChI is InChI=1S/C32H32N8O11S2/c1-32(2,30(49)50)51-38-24(18-12-53-31(34)37-18)22(44)8-16-27(46)40-25(29(47)48)15(11-52-28(16)40)9-39-10-17(26(33)35-13-39)36-23(45)6-5-19(41)14-3-4-20(42)21(43)7-14/h3-4,7,10,12-13,16,28,33H,5-6,8-9,11H2,1-2H3,(H7,34,36,37,38,41,42,43,44,45,47,48,49,50)/p+1/t16-,28?/m1/s1. The highest BCUT2D eigenvalue weighted by Gasteiger charge is 2.54. The van der Waals surface area contributed by atoms with Gasteiger partial charge in [-0.2, -0.15) is 0 Å². The van der Waals surface area contributed by atoms with Gasteiger partial charge in [0.05, 0.1) is 11.3 Å². The minimum absolute atomic E-state index is 0.0282. The highest BCUT2D eigenvalue weighted by atomic mass is 32.2. The number of phenols is 2. The number of oxime groups is 1. The maximum absolute atomic E-state index is 13.5. The van der Waals surface area contributed by atoms with Gasteiger partial charge < -0.3 is 42.0 Å². The van der Waals surface area contributed by atoms with Gasteiger partial charge in [-0.05, 0) is 37.0 Å². The number of nitrogens with two attached hydrogens (primary N) is 2. The van der Waals surface area contributed by atoms with Crippen LogP contribution in [0.3, 0.4) is 0 Å². The number of fused-ring (bicyclic) bond motifs is 1. The first kappa shape index (κ1) is 38.1. The molecular weight excluding hydrogens is 737 g/mol. The molecule has 1 unspecified atom stereocenters. The second kappa shape index (κ2) is 15.3. The van der Waals surface area contributed by atoms with Crippen molar-refractivity contribution in [3.05, 3.63) is 58.6 Å². The summed E-state index contributed by atoms with van der Waals surface area (Å²) in [4.78, 5) is 90.4. The van der Waals surface area contributed by atoms with Crippen LogP contribution in [0, 0.1) is 5.92 Å². The first-order chi connectivity index (χ1) is 25.0. The lowest BCUT2D eigenvalue weighted by Gasteiger charge is -2.49. The van der Waals surface area contributed by atoms with E-state index >= 15 is 0 Å². The maximum Gasteiger partial charge on any atom is 0.352 e. The van der Waals surface area contributed by atoms with E-state index in [4.69, 9.17) is 16.3 Å². The maximum atomic E-state index is 13.5. The van der Waals surface area contributed by atoms with Gasteiger partial charge in [-0.15, -0.1) is 23.1 Å². The molecule has 0 bridgehead atoms. The Labute approximate surface area is 308 Å². The molecule has 278 valence electrons. The minimum Gasteiger partial charge on any atom is -0.504 e. The molecule has 1 fully saturated rings. The molecule has 2 atom stereocenters. The number of β-lactam (4-membered cyclic amide) rings is 1. The Kier molecular flexibility index (Phi) is 11.0. The van der Waals surface area contributed by atoms with Crippen LogP contribution in [-0.2, 0) is 35.4 Å². The number of nitrogens with one attached hydrogen (secondary N) is 1. The van der Waals surface area contributed by atoms with E-state index < -0.39 is 70.1 Å². The summed E-state index contributed by atoms with van der Waals surface area (Å²) in [6, 6.07) is 3.56. The van der Waals surface area contributed by atoms with Crippen LogP contribution in [0.2, 0.25) is 0 Å². The van der Waals surface area contributed by atoms with Crippen molar-refractivity contribution < 1.29 is 58.6 Å². The Morgan fingerprint density at radius 3 is 2.51 bits per heavy atom. The normalized spacial score (nSPS) is 17.1. The molecule has 0 spiro atoms. The van der Waals surface area contributed by atoms with Crippen molar-refractivity contribution in [1.29, 1.82) is 0 Å². The lowest BCUT2D eigenvalue weighted by molar-refractivity contribution is -0.691. The predicted octanol–water partition coefficient (Wildman–Crippen LogP) is 1.12. The van der Waals surface area contributed by atoms with Crippen LogP contribution in [0.5, 0.6) is 11.5 Å². The lowest BCUT2D eigenvalue weighted by Crippen LogP contribution is -2.62. The van der Waals surface area contributed by atoms with Crippen molar-refractivity contribution in [3.8, 4) is 11.5 Å². The third-order valence-corrected chi connectivity index (χ3v) is 10.2. The van der Waals surface area contributed by atoms with E-state index in [9.17, 15) is 49.2 Å². The SMILES string of the molecule is CC(C)(O/N=C(\C(=O)C[C@@H]1C(=O)N2C(C(=O)O)=C(C[n+]3cnc(N)c(NC(=O)CCC(=O)c4ccc(O)c(O)c4)c3)CSC12)c1csc(N)n1)C(=O)O. The zero-order valence-electron chi connectivity index (χ0n) is 28.0. The number of rotatable bonds is 15. The largest absolute Gasteiger partial charge is 0.504 e. The van der Waals surface area contributed by atoms with Gasteiger partial charge in [0, 0.05) is 41.5 Å². The summed E-state index contributed by atoms with van der Waals surface area (Å²) in [5.41, 5.74) is 9.82. The number of ketones is 2. The van der Waals surface area contributed by atoms with Gasteiger partial charge in [0.25, 0.3) is 12.1 Å². The van der Waals surface area contributed by atoms with Crippen LogP contribution in [0.1, 0.15) is 49.2 Å². The fourth-order valence-electron chi connectivity index (χ4n) is 5.23. The molecule has 1 aromatic carbocycles. The van der Waals surface area contributed by atoms with Gasteiger partial charge in [-0.3, -0.25) is 24.1 Å². The molecule has 0 aliphatic carbocycles. The van der Waals surface area contributed by atoms with Crippen LogP contribution in [0.4, 0.5) is 16.6 Å². The number of thiazole rings is 1. The predicted molar refractivity (Wildman–Crippen MR) is 188 cm³/mol. The number of phenolic OH excluding ortho intramolecular Hbond substituents is 2. The van der Waals surface area contributed by atoms with Crippen molar-refractivity contribution in [3.63, 3.8) is 0 Å². The monoisotopic (exact) mass is 769 g/mol. The van der Waals surface area contributed by atoms with Crippen LogP contribution in [0.15, 0.2) is 52.5 Å². The molecule has 2 aromatic heterocycles. The summed E-state index contributed by atoms with van der Waals surface area (Å²) in [6.45, 7) is 2.40. The molecule has 2 aliphatic heterocycles. The van der Waals surface area contributed by atoms with Gasteiger partial charge in [0.15, 0.2) is 39.6 Å². The summed E-state index contributed by atoms with van der Waals surface area (Å²) >= 11 is 2.25. The van der Waals surface area contributed by atoms with E-state index in [0.29, 0.717) is 5.57 Å². The Balaban J connectivity index is 1.27. The number of amides is 2. The Bertz CT molecular complexity index is 2100. The summed E-state index contributed by atoms with van der Waals surface area (Å²) in [5.74, 6) is -6.78. The number of carbonyl (C=O) groups excluding carboxylic acids is 4. The van der Waals surface area contributed by atoms with E-state index in [1.165, 1.54) is 54.1 Å². The number of aromatic hydroxyl groups is 2. The number of hydrogen-bond donors (Lipinski definition) is 7. The fraction of sp³-hybridized carbons (Fsp3) is 0.312. The number of Topliss-reactive ketones (excluding diaryl/α,β-unsaturated/α-hetero) is 2. The fourth-order valence-corrected chi connectivity index (χ4v) is 7.18. The second-order valence-electron chi connectivity index (χ2n) is 12.3. The topological polar surface area (TPSA) is 302 Å². The van der Waals surface area contributed by atoms with E-state index in [1.807, 2.05) is 0 Å². The highest BCUT2D eigenvalue weighted by molar-refractivity contribution is 8.00. The molecule has 2 amide bonds. The van der Waals surface area contributed by atoms with E-state index in [1.54, 1.807) is 0 Å². The van der Waals surface area contributed by atoms with Gasteiger partial charge >= 0.3 is 11.9 Å². The molecule has 5 rings (SSSR count). The van der Waals surface area contributed by atoms with Crippen molar-refractivity contribution >= 4 is 80.8 Å². The number of carbonyl (C=O) groups is 6. The molecule has 9 N–H and O–H groups in total. The zero-order chi connectivity index (χ0) is 38.8. The number of benzene rings is 1. The number of thioether (sulfide) groups is 1. The lowest BCUT2D eigenvalue weighted by atomic mass is 9.89. The number of nitrogen functional groups attached to an aromatic ring is 2. The van der Waals surface area contributed by atoms with Crippen molar-refractivity contribution in [2.24, 2.45) is 11.1 Å². The van der Waals surface area contributed by atoms with Crippen LogP contribution < -0.4 is 21.4 Å². The second-order valence-corrected chi connectivity index (χ2v) is 14.3. The van der Waals surface area contributed by atoms with Gasteiger partial charge in [-0.1, -0.05) is 5.16 Å².